The monoisotopic (exact) mass is 293 g/mol. The Bertz CT molecular complexity index is 584. The molecule has 0 aromatic heterocycles. The minimum Gasteiger partial charge on any atom is -0.495 e. The molecule has 2 aliphatic rings. The van der Waals surface area contributed by atoms with Crippen molar-refractivity contribution in [3.05, 3.63) is 28.8 Å². The van der Waals surface area contributed by atoms with E-state index in [9.17, 15) is 4.79 Å². The molecule has 3 rings (SSSR count). The number of amides is 2. The average Bonchev–Trinajstić information content (AvgIpc) is 3.17. The van der Waals surface area contributed by atoms with Gasteiger partial charge in [-0.25, -0.2) is 4.79 Å². The van der Waals surface area contributed by atoms with Gasteiger partial charge in [-0.2, -0.15) is 4.99 Å². The van der Waals surface area contributed by atoms with Crippen molar-refractivity contribution in [2.45, 2.75) is 18.9 Å². The first-order chi connectivity index (χ1) is 9.60. The van der Waals surface area contributed by atoms with Crippen molar-refractivity contribution in [1.82, 2.24) is 4.90 Å². The molecule has 1 heterocycles. The lowest BCUT2D eigenvalue weighted by Gasteiger charge is -2.24. The van der Waals surface area contributed by atoms with Crippen LogP contribution in [0.2, 0.25) is 5.02 Å². The van der Waals surface area contributed by atoms with E-state index in [4.69, 9.17) is 22.1 Å². The second-order valence-electron chi connectivity index (χ2n) is 5.21. The molecule has 1 aliphatic heterocycles. The van der Waals surface area contributed by atoms with E-state index in [1.54, 1.807) is 24.1 Å². The second kappa shape index (κ2) is 4.98. The van der Waals surface area contributed by atoms with E-state index < -0.39 is 0 Å². The number of amidine groups is 1. The van der Waals surface area contributed by atoms with Gasteiger partial charge in [-0.3, -0.25) is 0 Å². The Morgan fingerprint density at radius 3 is 2.85 bits per heavy atom. The number of nitrogens with two attached hydrogens (primary N) is 1. The van der Waals surface area contributed by atoms with Crippen LogP contribution in [0.4, 0.5) is 4.79 Å². The minimum atomic E-state index is -0.313. The third-order valence-electron chi connectivity index (χ3n) is 3.71. The largest absolute Gasteiger partial charge is 0.495 e. The first-order valence-electron chi connectivity index (χ1n) is 6.58. The van der Waals surface area contributed by atoms with Crippen LogP contribution in [0.3, 0.4) is 0 Å². The number of rotatable bonds is 4. The summed E-state index contributed by atoms with van der Waals surface area (Å²) in [6.45, 7) is 0.706. The highest BCUT2D eigenvalue weighted by Gasteiger charge is 2.38. The van der Waals surface area contributed by atoms with Crippen LogP contribution >= 0.6 is 11.6 Å². The smallest absolute Gasteiger partial charge is 0.346 e. The van der Waals surface area contributed by atoms with Crippen molar-refractivity contribution in [3.63, 3.8) is 0 Å². The van der Waals surface area contributed by atoms with Crippen LogP contribution in [0.5, 0.6) is 5.75 Å². The number of carbonyl (C=O) groups is 1. The summed E-state index contributed by atoms with van der Waals surface area (Å²) < 4.78 is 5.14. The third kappa shape index (κ3) is 2.33. The van der Waals surface area contributed by atoms with Crippen molar-refractivity contribution in [1.29, 1.82) is 0 Å². The van der Waals surface area contributed by atoms with E-state index in [1.807, 2.05) is 6.07 Å². The van der Waals surface area contributed by atoms with Gasteiger partial charge in [0.1, 0.15) is 17.6 Å². The molecule has 1 atom stereocenters. The van der Waals surface area contributed by atoms with E-state index in [-0.39, 0.29) is 12.1 Å². The quantitative estimate of drug-likeness (QED) is 0.928. The summed E-state index contributed by atoms with van der Waals surface area (Å²) in [4.78, 5) is 17.6. The van der Waals surface area contributed by atoms with Gasteiger partial charge in [-0.1, -0.05) is 17.7 Å². The number of methoxy groups -OCH3 is 1. The number of hydrogen-bond acceptors (Lipinski definition) is 3. The molecule has 1 saturated carbocycles. The van der Waals surface area contributed by atoms with Gasteiger partial charge in [0.15, 0.2) is 0 Å². The van der Waals surface area contributed by atoms with Crippen LogP contribution in [0.1, 0.15) is 24.4 Å². The van der Waals surface area contributed by atoms with Crippen LogP contribution in [0.15, 0.2) is 23.2 Å². The zero-order chi connectivity index (χ0) is 14.3. The molecule has 5 nitrogen and oxygen atoms in total. The molecule has 20 heavy (non-hydrogen) atoms. The maximum absolute atomic E-state index is 11.9. The van der Waals surface area contributed by atoms with Crippen LogP contribution < -0.4 is 10.5 Å². The second-order valence-corrected chi connectivity index (χ2v) is 5.62. The molecule has 1 aliphatic carbocycles. The predicted octanol–water partition coefficient (Wildman–Crippen LogP) is 2.59. The zero-order valence-corrected chi connectivity index (χ0v) is 11.9. The molecule has 6 heteroatoms. The molecule has 106 valence electrons. The van der Waals surface area contributed by atoms with E-state index in [1.165, 1.54) is 12.8 Å². The fraction of sp³-hybridized carbons (Fsp3) is 0.429. The number of urea groups is 1. The Kier molecular flexibility index (Phi) is 3.30. The summed E-state index contributed by atoms with van der Waals surface area (Å²) in [5.74, 6) is 1.51. The summed E-state index contributed by atoms with van der Waals surface area (Å²) in [7, 11) is 1.56. The van der Waals surface area contributed by atoms with Gasteiger partial charge in [0.05, 0.1) is 12.1 Å². The molecule has 2 amide bonds. The molecule has 1 aromatic rings. The van der Waals surface area contributed by atoms with Gasteiger partial charge in [0.25, 0.3) is 0 Å². The molecule has 1 aromatic carbocycles. The first kappa shape index (κ1) is 13.2. The highest BCUT2D eigenvalue weighted by molar-refractivity contribution is 6.32. The molecule has 1 unspecified atom stereocenters. The van der Waals surface area contributed by atoms with Crippen LogP contribution in [-0.2, 0) is 0 Å². The summed E-state index contributed by atoms with van der Waals surface area (Å²) >= 11 is 6.15. The lowest BCUT2D eigenvalue weighted by Crippen LogP contribution is -2.34. The topological polar surface area (TPSA) is 67.9 Å². The molecule has 0 radical (unpaired) electrons. The van der Waals surface area contributed by atoms with E-state index in [0.29, 0.717) is 29.1 Å². The van der Waals surface area contributed by atoms with Crippen molar-refractivity contribution in [2.24, 2.45) is 16.6 Å². The molecule has 0 spiro atoms. The van der Waals surface area contributed by atoms with E-state index in [0.717, 1.165) is 5.56 Å². The van der Waals surface area contributed by atoms with Gasteiger partial charge in [-0.05, 0) is 36.5 Å². The van der Waals surface area contributed by atoms with Crippen LogP contribution in [0, 0.1) is 5.92 Å². The summed E-state index contributed by atoms with van der Waals surface area (Å²) in [6.07, 6.45) is 2.33. The van der Waals surface area contributed by atoms with Crippen LogP contribution in [-0.4, -0.2) is 30.4 Å². The summed E-state index contributed by atoms with van der Waals surface area (Å²) in [6, 6.07) is 4.86. The van der Waals surface area contributed by atoms with Gasteiger partial charge < -0.3 is 15.4 Å². The number of carbonyl (C=O) groups excluding carboxylic acids is 1. The Balaban J connectivity index is 1.91. The van der Waals surface area contributed by atoms with E-state index in [2.05, 4.69) is 4.99 Å². The van der Waals surface area contributed by atoms with Crippen molar-refractivity contribution >= 4 is 23.5 Å². The highest BCUT2D eigenvalue weighted by Crippen LogP contribution is 2.37. The number of ether oxygens (including phenoxy) is 1. The minimum absolute atomic E-state index is 0.258. The standard InChI is InChI=1S/C14H16ClN3O2/c1-20-11-5-4-9(6-10(11)15)12-13(16)17-14(19)18(12)7-8-2-3-8/h4-6,8,12H,2-3,7H2,1H3,(H2,16,17,19). The first-order valence-corrected chi connectivity index (χ1v) is 6.96. The fourth-order valence-electron chi connectivity index (χ4n) is 2.47. The van der Waals surface area contributed by atoms with Gasteiger partial charge in [-0.15, -0.1) is 0 Å². The lowest BCUT2D eigenvalue weighted by molar-refractivity contribution is 0.204. The van der Waals surface area contributed by atoms with Gasteiger partial charge in [0, 0.05) is 6.54 Å². The normalized spacial score (nSPS) is 22.1. The molecule has 0 saturated heterocycles. The molecular formula is C14H16ClN3O2. The number of aliphatic imine (C=N–C) groups is 1. The average molecular weight is 294 g/mol. The van der Waals surface area contributed by atoms with Crippen molar-refractivity contribution in [3.8, 4) is 5.75 Å². The Morgan fingerprint density at radius 1 is 1.50 bits per heavy atom. The van der Waals surface area contributed by atoms with Crippen molar-refractivity contribution in [2.75, 3.05) is 13.7 Å². The molecular weight excluding hydrogens is 278 g/mol. The highest BCUT2D eigenvalue weighted by atomic mass is 35.5. The molecule has 2 N–H and O–H groups in total. The Labute approximate surface area is 122 Å². The SMILES string of the molecule is COc1ccc(C2C(N)=NC(=O)N2CC2CC2)cc1Cl. The maximum atomic E-state index is 11.9. The lowest BCUT2D eigenvalue weighted by atomic mass is 10.0. The van der Waals surface area contributed by atoms with Gasteiger partial charge in [0.2, 0.25) is 0 Å². The zero-order valence-electron chi connectivity index (χ0n) is 11.2. The Hall–Kier alpha value is -1.75. The van der Waals surface area contributed by atoms with Crippen LogP contribution in [0.25, 0.3) is 0 Å². The number of halogens is 1. The molecule has 1 fully saturated rings. The number of hydrogen-bond donors (Lipinski definition) is 1. The predicted molar refractivity (Wildman–Crippen MR) is 77.2 cm³/mol. The maximum Gasteiger partial charge on any atom is 0.346 e. The van der Waals surface area contributed by atoms with Gasteiger partial charge >= 0.3 is 6.03 Å². The number of nitrogens with zero attached hydrogens (tertiary/aromatic N) is 2. The fourth-order valence-corrected chi connectivity index (χ4v) is 2.74. The summed E-state index contributed by atoms with van der Waals surface area (Å²) in [5, 5.41) is 0.503. The third-order valence-corrected chi connectivity index (χ3v) is 4.00. The number of benzene rings is 1. The van der Waals surface area contributed by atoms with E-state index >= 15 is 0 Å². The molecule has 0 bridgehead atoms. The van der Waals surface area contributed by atoms with Crippen molar-refractivity contribution < 1.29 is 9.53 Å². The Morgan fingerprint density at radius 2 is 2.25 bits per heavy atom. The summed E-state index contributed by atoms with van der Waals surface area (Å²) in [5.41, 5.74) is 6.79.